The van der Waals surface area contributed by atoms with Crippen molar-refractivity contribution < 1.29 is 9.59 Å². The van der Waals surface area contributed by atoms with Crippen LogP contribution in [0.15, 0.2) is 83.3 Å². The minimum atomic E-state index is -0.619. The van der Waals surface area contributed by atoms with Crippen LogP contribution in [0.2, 0.25) is 0 Å². The van der Waals surface area contributed by atoms with E-state index in [1.165, 1.54) is 0 Å². The summed E-state index contributed by atoms with van der Waals surface area (Å²) in [7, 11) is 0. The highest BCUT2D eigenvalue weighted by atomic mass is 79.9. The van der Waals surface area contributed by atoms with Crippen molar-refractivity contribution >= 4 is 27.7 Å². The maximum Gasteiger partial charge on any atom is 0.243 e. The van der Waals surface area contributed by atoms with Gasteiger partial charge in [-0.2, -0.15) is 0 Å². The summed E-state index contributed by atoms with van der Waals surface area (Å²) in [6.45, 7) is 6.25. The van der Waals surface area contributed by atoms with Gasteiger partial charge in [0.05, 0.1) is 6.42 Å². The molecule has 0 aromatic heterocycles. The molecule has 0 saturated heterocycles. The lowest BCUT2D eigenvalue weighted by molar-refractivity contribution is -0.141. The number of rotatable bonds is 9. The molecule has 1 atom stereocenters. The Kier molecular flexibility index (Phi) is 8.84. The van der Waals surface area contributed by atoms with Crippen LogP contribution in [-0.2, 0) is 29.0 Å². The van der Waals surface area contributed by atoms with Crippen molar-refractivity contribution in [2.24, 2.45) is 0 Å². The van der Waals surface area contributed by atoms with Crippen LogP contribution >= 0.6 is 15.9 Å². The van der Waals surface area contributed by atoms with E-state index in [1.54, 1.807) is 4.90 Å². The second kappa shape index (κ2) is 11.8. The monoisotopic (exact) mass is 506 g/mol. The Morgan fingerprint density at radius 2 is 1.55 bits per heavy atom. The fourth-order valence-corrected chi connectivity index (χ4v) is 4.20. The lowest BCUT2D eigenvalue weighted by atomic mass is 10.0. The predicted octanol–water partition coefficient (Wildman–Crippen LogP) is 5.46. The molecular weight excluding hydrogens is 476 g/mol. The van der Waals surface area contributed by atoms with Gasteiger partial charge in [0, 0.05) is 23.5 Å². The number of halogens is 1. The van der Waals surface area contributed by atoms with Crippen molar-refractivity contribution in [3.05, 3.63) is 106 Å². The van der Waals surface area contributed by atoms with Gasteiger partial charge in [-0.1, -0.05) is 88.2 Å². The Bertz CT molecular complexity index is 1060. The molecule has 0 bridgehead atoms. The summed E-state index contributed by atoms with van der Waals surface area (Å²) in [5, 5.41) is 3.02. The molecule has 33 heavy (non-hydrogen) atoms. The van der Waals surface area contributed by atoms with Crippen LogP contribution in [0.4, 0.5) is 0 Å². The first-order chi connectivity index (χ1) is 15.8. The molecule has 0 heterocycles. The second-order valence-electron chi connectivity index (χ2n) is 8.68. The molecule has 5 heteroatoms. The predicted molar refractivity (Wildman–Crippen MR) is 137 cm³/mol. The van der Waals surface area contributed by atoms with Crippen LogP contribution in [0.5, 0.6) is 0 Å². The van der Waals surface area contributed by atoms with Crippen LogP contribution in [0, 0.1) is 6.92 Å². The Labute approximate surface area is 205 Å². The number of nitrogens with zero attached hydrogens (tertiary/aromatic N) is 1. The molecular formula is C28H31BrN2O2. The van der Waals surface area contributed by atoms with Crippen molar-refractivity contribution in [3.8, 4) is 0 Å². The quantitative estimate of drug-likeness (QED) is 0.418. The van der Waals surface area contributed by atoms with Gasteiger partial charge < -0.3 is 10.2 Å². The standard InChI is InChI=1S/C28H31BrN2O2/c1-20(2)30-28(33)26(17-22-8-5-4-6-9-22)31(19-24-10-7-11-25(29)16-24)27(32)18-23-14-12-21(3)13-15-23/h4-16,20,26H,17-19H2,1-3H3,(H,30,33)/t26-/m0/s1. The molecule has 3 rings (SSSR count). The van der Waals surface area contributed by atoms with E-state index in [1.807, 2.05) is 99.6 Å². The fourth-order valence-electron chi connectivity index (χ4n) is 3.75. The van der Waals surface area contributed by atoms with E-state index >= 15 is 0 Å². The molecule has 172 valence electrons. The lowest BCUT2D eigenvalue weighted by Crippen LogP contribution is -2.52. The lowest BCUT2D eigenvalue weighted by Gasteiger charge is -2.32. The van der Waals surface area contributed by atoms with Gasteiger partial charge in [-0.15, -0.1) is 0 Å². The van der Waals surface area contributed by atoms with E-state index in [2.05, 4.69) is 21.2 Å². The van der Waals surface area contributed by atoms with Crippen LogP contribution in [-0.4, -0.2) is 28.8 Å². The number of nitrogens with one attached hydrogen (secondary N) is 1. The zero-order valence-electron chi connectivity index (χ0n) is 19.4. The summed E-state index contributed by atoms with van der Waals surface area (Å²) in [6, 6.07) is 25.1. The molecule has 0 aliphatic heterocycles. The van der Waals surface area contributed by atoms with E-state index in [4.69, 9.17) is 0 Å². The maximum absolute atomic E-state index is 13.6. The molecule has 2 amide bonds. The third-order valence-corrected chi connectivity index (χ3v) is 5.91. The first-order valence-corrected chi connectivity index (χ1v) is 12.0. The zero-order valence-corrected chi connectivity index (χ0v) is 21.0. The highest BCUT2D eigenvalue weighted by molar-refractivity contribution is 9.10. The molecule has 0 radical (unpaired) electrons. The van der Waals surface area contributed by atoms with Crippen molar-refractivity contribution in [1.82, 2.24) is 10.2 Å². The van der Waals surface area contributed by atoms with Crippen LogP contribution < -0.4 is 5.32 Å². The summed E-state index contributed by atoms with van der Waals surface area (Å²) in [5.74, 6) is -0.209. The smallest absolute Gasteiger partial charge is 0.243 e. The normalized spacial score (nSPS) is 11.8. The Morgan fingerprint density at radius 1 is 0.879 bits per heavy atom. The topological polar surface area (TPSA) is 49.4 Å². The molecule has 0 unspecified atom stereocenters. The first-order valence-electron chi connectivity index (χ1n) is 11.3. The Hall–Kier alpha value is -2.92. The molecule has 0 fully saturated rings. The van der Waals surface area contributed by atoms with Gasteiger partial charge in [0.1, 0.15) is 6.04 Å². The van der Waals surface area contributed by atoms with Crippen LogP contribution in [0.3, 0.4) is 0 Å². The van der Waals surface area contributed by atoms with E-state index in [9.17, 15) is 9.59 Å². The van der Waals surface area contributed by atoms with Gasteiger partial charge in [0.2, 0.25) is 11.8 Å². The van der Waals surface area contributed by atoms with Crippen molar-refractivity contribution in [2.45, 2.75) is 52.2 Å². The van der Waals surface area contributed by atoms with Crippen molar-refractivity contribution in [1.29, 1.82) is 0 Å². The molecule has 4 nitrogen and oxygen atoms in total. The van der Waals surface area contributed by atoms with Gasteiger partial charge in [-0.05, 0) is 49.6 Å². The Balaban J connectivity index is 1.96. The minimum Gasteiger partial charge on any atom is -0.352 e. The number of aryl methyl sites for hydroxylation is 1. The van der Waals surface area contributed by atoms with E-state index in [0.29, 0.717) is 13.0 Å². The van der Waals surface area contributed by atoms with Gasteiger partial charge in [-0.3, -0.25) is 9.59 Å². The summed E-state index contributed by atoms with van der Waals surface area (Å²) >= 11 is 3.52. The van der Waals surface area contributed by atoms with Gasteiger partial charge in [0.15, 0.2) is 0 Å². The van der Waals surface area contributed by atoms with Crippen molar-refractivity contribution in [3.63, 3.8) is 0 Å². The van der Waals surface area contributed by atoms with Gasteiger partial charge >= 0.3 is 0 Å². The number of hydrogen-bond acceptors (Lipinski definition) is 2. The summed E-state index contributed by atoms with van der Waals surface area (Å²) in [6.07, 6.45) is 0.696. The number of carbonyl (C=O) groups is 2. The van der Waals surface area contributed by atoms with Gasteiger partial charge in [0.25, 0.3) is 0 Å². The van der Waals surface area contributed by atoms with Crippen molar-refractivity contribution in [2.75, 3.05) is 0 Å². The molecule has 1 N–H and O–H groups in total. The van der Waals surface area contributed by atoms with E-state index in [-0.39, 0.29) is 24.3 Å². The highest BCUT2D eigenvalue weighted by Crippen LogP contribution is 2.19. The Morgan fingerprint density at radius 3 is 2.18 bits per heavy atom. The molecule has 0 spiro atoms. The van der Waals surface area contributed by atoms with Crippen LogP contribution in [0.1, 0.15) is 36.1 Å². The number of amides is 2. The fraction of sp³-hybridized carbons (Fsp3) is 0.286. The molecule has 0 aliphatic carbocycles. The third kappa shape index (κ3) is 7.57. The average Bonchev–Trinajstić information content (AvgIpc) is 2.78. The van der Waals surface area contributed by atoms with E-state index in [0.717, 1.165) is 26.7 Å². The highest BCUT2D eigenvalue weighted by Gasteiger charge is 2.30. The summed E-state index contributed by atoms with van der Waals surface area (Å²) in [4.78, 5) is 28.7. The van der Waals surface area contributed by atoms with Gasteiger partial charge in [-0.25, -0.2) is 0 Å². The summed E-state index contributed by atoms with van der Waals surface area (Å²) in [5.41, 5.74) is 4.07. The minimum absolute atomic E-state index is 0.0179. The zero-order chi connectivity index (χ0) is 23.8. The molecule has 0 aliphatic rings. The van der Waals surface area contributed by atoms with Crippen LogP contribution in [0.25, 0.3) is 0 Å². The molecule has 3 aromatic rings. The summed E-state index contributed by atoms with van der Waals surface area (Å²) < 4.78 is 0.942. The number of benzene rings is 3. The average molecular weight is 507 g/mol. The number of carbonyl (C=O) groups excluding carboxylic acids is 2. The maximum atomic E-state index is 13.6. The number of hydrogen-bond donors (Lipinski definition) is 1. The largest absolute Gasteiger partial charge is 0.352 e. The third-order valence-electron chi connectivity index (χ3n) is 5.42. The first kappa shape index (κ1) is 24.7. The second-order valence-corrected chi connectivity index (χ2v) is 9.60. The molecule has 3 aromatic carbocycles. The SMILES string of the molecule is Cc1ccc(CC(=O)N(Cc2cccc(Br)c2)[C@@H](Cc2ccccc2)C(=O)NC(C)C)cc1. The van der Waals surface area contributed by atoms with E-state index < -0.39 is 6.04 Å². The molecule has 0 saturated carbocycles.